The molecule has 1 saturated heterocycles. The van der Waals surface area contributed by atoms with Crippen molar-refractivity contribution in [2.45, 2.75) is 19.8 Å². The second-order valence-electron chi connectivity index (χ2n) is 9.54. The van der Waals surface area contributed by atoms with Crippen LogP contribution in [0.1, 0.15) is 35.9 Å². The van der Waals surface area contributed by atoms with E-state index in [9.17, 15) is 9.59 Å². The summed E-state index contributed by atoms with van der Waals surface area (Å²) in [6.07, 6.45) is 0. The number of anilines is 2. The van der Waals surface area contributed by atoms with E-state index in [1.807, 2.05) is 83.8 Å². The van der Waals surface area contributed by atoms with Gasteiger partial charge in [-0.25, -0.2) is 0 Å². The molecule has 0 radical (unpaired) electrons. The van der Waals surface area contributed by atoms with Crippen molar-refractivity contribution in [3.63, 3.8) is 0 Å². The molecule has 190 valence electrons. The standard InChI is InChI=1S/C30H31N3O4/c1-21(2)22-7-13-26(14-8-22)36-20-29(34)31-24-9-11-25(12-10-24)32-15-17-33(18-16-32)30(35)28-19-23-5-3-4-6-27(23)37-28/h3-14,19,21H,15-18,20H2,1-2H3,(H,31,34). The van der Waals surface area contributed by atoms with Gasteiger partial charge >= 0.3 is 0 Å². The highest BCUT2D eigenvalue weighted by molar-refractivity contribution is 5.96. The van der Waals surface area contributed by atoms with Gasteiger partial charge in [-0.2, -0.15) is 0 Å². The first kappa shape index (κ1) is 24.4. The number of hydrogen-bond acceptors (Lipinski definition) is 5. The Morgan fingerprint density at radius 1 is 0.919 bits per heavy atom. The lowest BCUT2D eigenvalue weighted by Gasteiger charge is -2.35. The van der Waals surface area contributed by atoms with E-state index in [1.165, 1.54) is 5.56 Å². The minimum absolute atomic E-state index is 0.0516. The summed E-state index contributed by atoms with van der Waals surface area (Å²) in [4.78, 5) is 29.3. The molecule has 0 spiro atoms. The highest BCUT2D eigenvalue weighted by atomic mass is 16.5. The van der Waals surface area contributed by atoms with Crippen LogP contribution in [0.3, 0.4) is 0 Å². The summed E-state index contributed by atoms with van der Waals surface area (Å²) in [5.74, 6) is 1.22. The number of piperazine rings is 1. The molecule has 1 fully saturated rings. The third-order valence-electron chi connectivity index (χ3n) is 6.64. The Morgan fingerprint density at radius 3 is 2.30 bits per heavy atom. The van der Waals surface area contributed by atoms with Crippen molar-refractivity contribution < 1.29 is 18.7 Å². The minimum atomic E-state index is -0.210. The molecule has 3 aromatic carbocycles. The Balaban J connectivity index is 1.10. The molecule has 2 amide bonds. The Labute approximate surface area is 216 Å². The number of nitrogens with zero attached hydrogens (tertiary/aromatic N) is 2. The van der Waals surface area contributed by atoms with Crippen LogP contribution in [-0.2, 0) is 4.79 Å². The molecule has 0 saturated carbocycles. The number of rotatable bonds is 7. The van der Waals surface area contributed by atoms with Crippen LogP contribution < -0.4 is 15.0 Å². The van der Waals surface area contributed by atoms with Crippen molar-refractivity contribution in [2.75, 3.05) is 43.0 Å². The second-order valence-corrected chi connectivity index (χ2v) is 9.54. The van der Waals surface area contributed by atoms with Gasteiger partial charge in [-0.3, -0.25) is 9.59 Å². The molecule has 0 unspecified atom stereocenters. The van der Waals surface area contributed by atoms with Gasteiger partial charge in [0.05, 0.1) is 0 Å². The molecule has 5 rings (SSSR count). The topological polar surface area (TPSA) is 75.0 Å². The van der Waals surface area contributed by atoms with E-state index in [1.54, 1.807) is 0 Å². The van der Waals surface area contributed by atoms with E-state index in [0.717, 1.165) is 29.7 Å². The smallest absolute Gasteiger partial charge is 0.289 e. The minimum Gasteiger partial charge on any atom is -0.484 e. The van der Waals surface area contributed by atoms with Crippen molar-refractivity contribution in [1.29, 1.82) is 0 Å². The molecule has 0 bridgehead atoms. The van der Waals surface area contributed by atoms with Crippen LogP contribution in [0.4, 0.5) is 11.4 Å². The van der Waals surface area contributed by atoms with E-state index in [-0.39, 0.29) is 18.4 Å². The maximum Gasteiger partial charge on any atom is 0.289 e. The van der Waals surface area contributed by atoms with E-state index < -0.39 is 0 Å². The number of nitrogens with one attached hydrogen (secondary N) is 1. The van der Waals surface area contributed by atoms with Crippen LogP contribution in [0.15, 0.2) is 83.3 Å². The summed E-state index contributed by atoms with van der Waals surface area (Å²) in [6, 6.07) is 25.0. The summed E-state index contributed by atoms with van der Waals surface area (Å²) in [6.45, 7) is 6.90. The summed E-state index contributed by atoms with van der Waals surface area (Å²) in [5.41, 5.74) is 3.72. The maximum absolute atomic E-state index is 12.9. The van der Waals surface area contributed by atoms with Crippen molar-refractivity contribution in [1.82, 2.24) is 4.90 Å². The second kappa shape index (κ2) is 10.8. The first-order valence-corrected chi connectivity index (χ1v) is 12.6. The number of ether oxygens (including phenoxy) is 1. The Morgan fingerprint density at radius 2 is 1.62 bits per heavy atom. The van der Waals surface area contributed by atoms with Crippen LogP contribution in [0.2, 0.25) is 0 Å². The molecular formula is C30H31N3O4. The van der Waals surface area contributed by atoms with Gasteiger partial charge in [-0.15, -0.1) is 0 Å². The molecule has 2 heterocycles. The Kier molecular flexibility index (Phi) is 7.12. The number of hydrogen-bond donors (Lipinski definition) is 1. The lowest BCUT2D eigenvalue weighted by atomic mass is 10.0. The highest BCUT2D eigenvalue weighted by Crippen LogP contribution is 2.23. The SMILES string of the molecule is CC(C)c1ccc(OCC(=O)Nc2ccc(N3CCN(C(=O)c4cc5ccccc5o4)CC3)cc2)cc1. The average Bonchev–Trinajstić information content (AvgIpc) is 3.37. The average molecular weight is 498 g/mol. The fourth-order valence-electron chi connectivity index (χ4n) is 4.46. The van der Waals surface area contributed by atoms with Crippen molar-refractivity contribution in [3.05, 3.63) is 90.2 Å². The first-order chi connectivity index (χ1) is 18.0. The van der Waals surface area contributed by atoms with Crippen LogP contribution in [-0.4, -0.2) is 49.5 Å². The first-order valence-electron chi connectivity index (χ1n) is 12.6. The van der Waals surface area contributed by atoms with Crippen molar-refractivity contribution in [3.8, 4) is 5.75 Å². The zero-order valence-electron chi connectivity index (χ0n) is 21.1. The predicted octanol–water partition coefficient (Wildman–Crippen LogP) is 5.54. The molecular weight excluding hydrogens is 466 g/mol. The molecule has 1 aliphatic heterocycles. The number of carbonyl (C=O) groups excluding carboxylic acids is 2. The van der Waals surface area contributed by atoms with Gasteiger partial charge in [0.2, 0.25) is 0 Å². The van der Waals surface area contributed by atoms with Crippen LogP contribution in [0, 0.1) is 0 Å². The number of amides is 2. The zero-order valence-corrected chi connectivity index (χ0v) is 21.1. The molecule has 7 nitrogen and oxygen atoms in total. The van der Waals surface area contributed by atoms with E-state index in [0.29, 0.717) is 36.2 Å². The van der Waals surface area contributed by atoms with Crippen LogP contribution >= 0.6 is 0 Å². The highest BCUT2D eigenvalue weighted by Gasteiger charge is 2.24. The number of carbonyl (C=O) groups is 2. The lowest BCUT2D eigenvalue weighted by Crippen LogP contribution is -2.48. The predicted molar refractivity (Wildman–Crippen MR) is 145 cm³/mol. The van der Waals surface area contributed by atoms with Gasteiger partial charge in [-0.1, -0.05) is 44.2 Å². The largest absolute Gasteiger partial charge is 0.484 e. The third kappa shape index (κ3) is 5.77. The van der Waals surface area contributed by atoms with Crippen molar-refractivity contribution in [2.24, 2.45) is 0 Å². The summed E-state index contributed by atoms with van der Waals surface area (Å²) < 4.78 is 11.4. The summed E-state index contributed by atoms with van der Waals surface area (Å²) in [5, 5.41) is 3.81. The van der Waals surface area contributed by atoms with Crippen molar-refractivity contribution >= 4 is 34.2 Å². The summed E-state index contributed by atoms with van der Waals surface area (Å²) in [7, 11) is 0. The Bertz CT molecular complexity index is 1340. The monoisotopic (exact) mass is 497 g/mol. The lowest BCUT2D eigenvalue weighted by molar-refractivity contribution is -0.118. The fourth-order valence-corrected chi connectivity index (χ4v) is 4.46. The van der Waals surface area contributed by atoms with Gasteiger partial charge in [0.15, 0.2) is 12.4 Å². The maximum atomic E-state index is 12.9. The van der Waals surface area contributed by atoms with Gasteiger partial charge in [0.25, 0.3) is 11.8 Å². The molecule has 0 atom stereocenters. The Hall–Kier alpha value is -4.26. The number of para-hydroxylation sites is 1. The summed E-state index contributed by atoms with van der Waals surface area (Å²) >= 11 is 0. The number of benzene rings is 3. The molecule has 1 aromatic heterocycles. The van der Waals surface area contributed by atoms with E-state index >= 15 is 0 Å². The molecule has 1 N–H and O–H groups in total. The van der Waals surface area contributed by atoms with E-state index in [4.69, 9.17) is 9.15 Å². The van der Waals surface area contributed by atoms with Crippen LogP contribution in [0.25, 0.3) is 11.0 Å². The molecule has 1 aliphatic rings. The van der Waals surface area contributed by atoms with E-state index in [2.05, 4.69) is 24.1 Å². The molecule has 4 aromatic rings. The number of fused-ring (bicyclic) bond motifs is 1. The zero-order chi connectivity index (χ0) is 25.8. The molecule has 7 heteroatoms. The molecule has 37 heavy (non-hydrogen) atoms. The van der Waals surface area contributed by atoms with Gasteiger partial charge in [0.1, 0.15) is 11.3 Å². The van der Waals surface area contributed by atoms with Crippen LogP contribution in [0.5, 0.6) is 5.75 Å². The number of furan rings is 1. The normalized spacial score (nSPS) is 13.7. The fraction of sp³-hybridized carbons (Fsp3) is 0.267. The quantitative estimate of drug-likeness (QED) is 0.363. The molecule has 0 aliphatic carbocycles. The van der Waals surface area contributed by atoms with Gasteiger partial charge in [0, 0.05) is 42.9 Å². The van der Waals surface area contributed by atoms with Gasteiger partial charge in [-0.05, 0) is 60.0 Å². The third-order valence-corrected chi connectivity index (χ3v) is 6.64. The van der Waals surface area contributed by atoms with Gasteiger partial charge < -0.3 is 24.3 Å².